The van der Waals surface area contributed by atoms with Gasteiger partial charge in [-0.05, 0) is 32.1 Å². The summed E-state index contributed by atoms with van der Waals surface area (Å²) in [6.07, 6.45) is 6.09. The molecular formula is C18H32N4O4S. The molecule has 27 heavy (non-hydrogen) atoms. The molecular weight excluding hydrogens is 368 g/mol. The molecule has 3 rings (SSSR count). The minimum atomic E-state index is -3.24. The van der Waals surface area contributed by atoms with Crippen LogP contribution in [0.1, 0.15) is 32.1 Å². The molecule has 1 unspecified atom stereocenters. The maximum absolute atomic E-state index is 12.8. The van der Waals surface area contributed by atoms with E-state index in [1.54, 1.807) is 0 Å². The Kier molecular flexibility index (Phi) is 6.75. The lowest BCUT2D eigenvalue weighted by molar-refractivity contribution is -0.139. The zero-order valence-electron chi connectivity index (χ0n) is 16.3. The SMILES string of the molecule is CS(=O)(=O)N1CCCC(C(=O)N2CCN(CC(=O)N3CCCCC3)CC2)C1. The van der Waals surface area contributed by atoms with Crippen LogP contribution in [0.25, 0.3) is 0 Å². The van der Waals surface area contributed by atoms with E-state index in [-0.39, 0.29) is 17.7 Å². The first-order chi connectivity index (χ1) is 12.8. The number of nitrogens with zero attached hydrogens (tertiary/aromatic N) is 4. The van der Waals surface area contributed by atoms with Gasteiger partial charge in [0.2, 0.25) is 21.8 Å². The Balaban J connectivity index is 1.45. The maximum atomic E-state index is 12.8. The number of carbonyl (C=O) groups is 2. The van der Waals surface area contributed by atoms with Gasteiger partial charge in [0.25, 0.3) is 0 Å². The topological polar surface area (TPSA) is 81.2 Å². The first-order valence-electron chi connectivity index (χ1n) is 10.1. The van der Waals surface area contributed by atoms with Crippen LogP contribution in [-0.2, 0) is 19.6 Å². The molecule has 3 aliphatic rings. The van der Waals surface area contributed by atoms with E-state index in [0.717, 1.165) is 38.8 Å². The van der Waals surface area contributed by atoms with Crippen molar-refractivity contribution < 1.29 is 18.0 Å². The second-order valence-corrected chi connectivity index (χ2v) is 9.99. The predicted molar refractivity (Wildman–Crippen MR) is 103 cm³/mol. The maximum Gasteiger partial charge on any atom is 0.236 e. The van der Waals surface area contributed by atoms with Gasteiger partial charge in [0.15, 0.2) is 0 Å². The summed E-state index contributed by atoms with van der Waals surface area (Å²) in [7, 11) is -3.24. The van der Waals surface area contributed by atoms with Crippen LogP contribution in [0.15, 0.2) is 0 Å². The molecule has 0 saturated carbocycles. The molecule has 9 heteroatoms. The fourth-order valence-electron chi connectivity index (χ4n) is 4.26. The fourth-order valence-corrected chi connectivity index (χ4v) is 5.18. The number of hydrogen-bond donors (Lipinski definition) is 0. The van der Waals surface area contributed by atoms with Crippen molar-refractivity contribution in [3.05, 3.63) is 0 Å². The standard InChI is InChI=1S/C18H32N4O4S/c1-27(25,26)22-9-5-6-16(14-22)18(24)21-12-10-19(11-13-21)15-17(23)20-7-3-2-4-8-20/h16H,2-15H2,1H3. The number of rotatable bonds is 4. The average molecular weight is 401 g/mol. The second-order valence-electron chi connectivity index (χ2n) is 8.00. The van der Waals surface area contributed by atoms with Gasteiger partial charge in [0.1, 0.15) is 0 Å². The van der Waals surface area contributed by atoms with Gasteiger partial charge in [-0.25, -0.2) is 12.7 Å². The largest absolute Gasteiger partial charge is 0.342 e. The van der Waals surface area contributed by atoms with E-state index < -0.39 is 10.0 Å². The molecule has 0 spiro atoms. The van der Waals surface area contributed by atoms with Crippen LogP contribution in [0.5, 0.6) is 0 Å². The Hall–Kier alpha value is -1.19. The highest BCUT2D eigenvalue weighted by atomic mass is 32.2. The fraction of sp³-hybridized carbons (Fsp3) is 0.889. The van der Waals surface area contributed by atoms with Crippen LogP contribution in [0.3, 0.4) is 0 Å². The highest BCUT2D eigenvalue weighted by molar-refractivity contribution is 7.88. The van der Waals surface area contributed by atoms with Crippen molar-refractivity contribution in [1.29, 1.82) is 0 Å². The molecule has 2 amide bonds. The van der Waals surface area contributed by atoms with Crippen molar-refractivity contribution in [3.8, 4) is 0 Å². The molecule has 0 aromatic rings. The highest BCUT2D eigenvalue weighted by Gasteiger charge is 2.34. The summed E-state index contributed by atoms with van der Waals surface area (Å²) in [5, 5.41) is 0. The second kappa shape index (κ2) is 8.87. The molecule has 0 bridgehead atoms. The van der Waals surface area contributed by atoms with Gasteiger partial charge in [-0.15, -0.1) is 0 Å². The highest BCUT2D eigenvalue weighted by Crippen LogP contribution is 2.21. The van der Waals surface area contributed by atoms with Crippen LogP contribution in [0.2, 0.25) is 0 Å². The van der Waals surface area contributed by atoms with Crippen LogP contribution in [0.4, 0.5) is 0 Å². The van der Waals surface area contributed by atoms with Crippen LogP contribution >= 0.6 is 0 Å². The van der Waals surface area contributed by atoms with Crippen molar-refractivity contribution >= 4 is 21.8 Å². The van der Waals surface area contributed by atoms with Crippen LogP contribution in [-0.4, -0.2) is 104 Å². The van der Waals surface area contributed by atoms with Gasteiger partial charge in [0.05, 0.1) is 18.7 Å². The van der Waals surface area contributed by atoms with Crippen LogP contribution < -0.4 is 0 Å². The summed E-state index contributed by atoms with van der Waals surface area (Å²) in [6.45, 7) is 5.61. The van der Waals surface area contributed by atoms with Crippen molar-refractivity contribution in [2.45, 2.75) is 32.1 Å². The summed E-state index contributed by atoms with van der Waals surface area (Å²) in [4.78, 5) is 31.1. The molecule has 0 aromatic heterocycles. The summed E-state index contributed by atoms with van der Waals surface area (Å²) in [5.74, 6) is 0.0194. The number of piperazine rings is 1. The van der Waals surface area contributed by atoms with E-state index in [4.69, 9.17) is 0 Å². The molecule has 3 heterocycles. The number of hydrogen-bond acceptors (Lipinski definition) is 5. The lowest BCUT2D eigenvalue weighted by Gasteiger charge is -2.39. The normalized spacial score (nSPS) is 26.2. The number of sulfonamides is 1. The van der Waals surface area contributed by atoms with Gasteiger partial charge in [0, 0.05) is 52.4 Å². The van der Waals surface area contributed by atoms with Gasteiger partial charge in [-0.2, -0.15) is 0 Å². The van der Waals surface area contributed by atoms with E-state index in [0.29, 0.717) is 45.8 Å². The van der Waals surface area contributed by atoms with Crippen molar-refractivity contribution in [2.24, 2.45) is 5.92 Å². The van der Waals surface area contributed by atoms with Crippen LogP contribution in [0, 0.1) is 5.92 Å². The van der Waals surface area contributed by atoms with Crippen molar-refractivity contribution in [2.75, 3.05) is 65.2 Å². The van der Waals surface area contributed by atoms with E-state index in [1.165, 1.54) is 17.0 Å². The first kappa shape index (κ1) is 20.5. The molecule has 0 N–H and O–H groups in total. The quantitative estimate of drug-likeness (QED) is 0.654. The smallest absolute Gasteiger partial charge is 0.236 e. The Morgan fingerprint density at radius 3 is 2.15 bits per heavy atom. The zero-order valence-corrected chi connectivity index (χ0v) is 17.1. The van der Waals surface area contributed by atoms with Gasteiger partial charge < -0.3 is 9.80 Å². The molecule has 0 aromatic carbocycles. The molecule has 3 aliphatic heterocycles. The van der Waals surface area contributed by atoms with E-state index in [2.05, 4.69) is 4.90 Å². The summed E-state index contributed by atoms with van der Waals surface area (Å²) >= 11 is 0. The Morgan fingerprint density at radius 1 is 0.852 bits per heavy atom. The van der Waals surface area contributed by atoms with Gasteiger partial charge in [-0.3, -0.25) is 14.5 Å². The van der Waals surface area contributed by atoms with E-state index in [1.807, 2.05) is 9.80 Å². The minimum Gasteiger partial charge on any atom is -0.342 e. The summed E-state index contributed by atoms with van der Waals surface area (Å²) < 4.78 is 25.0. The van der Waals surface area contributed by atoms with E-state index in [9.17, 15) is 18.0 Å². The number of amides is 2. The first-order valence-corrected chi connectivity index (χ1v) is 11.9. The molecule has 3 saturated heterocycles. The lowest BCUT2D eigenvalue weighted by Crippen LogP contribution is -2.54. The zero-order chi connectivity index (χ0) is 19.4. The molecule has 0 aliphatic carbocycles. The third-order valence-corrected chi connectivity index (χ3v) is 7.22. The van der Waals surface area contributed by atoms with Crippen molar-refractivity contribution in [3.63, 3.8) is 0 Å². The summed E-state index contributed by atoms with van der Waals surface area (Å²) in [5.41, 5.74) is 0. The molecule has 1 atom stereocenters. The lowest BCUT2D eigenvalue weighted by atomic mass is 9.98. The Bertz CT molecular complexity index is 640. The Morgan fingerprint density at radius 2 is 1.52 bits per heavy atom. The predicted octanol–water partition coefficient (Wildman–Crippen LogP) is -0.185. The molecule has 154 valence electrons. The number of carbonyl (C=O) groups excluding carboxylic acids is 2. The summed E-state index contributed by atoms with van der Waals surface area (Å²) in [6, 6.07) is 0. The van der Waals surface area contributed by atoms with Gasteiger partial charge in [-0.1, -0.05) is 0 Å². The molecule has 3 fully saturated rings. The van der Waals surface area contributed by atoms with Crippen molar-refractivity contribution in [1.82, 2.24) is 19.0 Å². The molecule has 8 nitrogen and oxygen atoms in total. The third-order valence-electron chi connectivity index (χ3n) is 5.95. The van der Waals surface area contributed by atoms with E-state index >= 15 is 0 Å². The third kappa shape index (κ3) is 5.42. The monoisotopic (exact) mass is 400 g/mol. The van der Waals surface area contributed by atoms with Gasteiger partial charge >= 0.3 is 0 Å². The molecule has 0 radical (unpaired) electrons. The minimum absolute atomic E-state index is 0.0605. The average Bonchev–Trinajstić information content (AvgIpc) is 2.68. The number of likely N-dealkylation sites (tertiary alicyclic amines) is 1. The Labute approximate surface area is 162 Å². The number of piperidine rings is 2.